The second-order valence-electron chi connectivity index (χ2n) is 4.12. The first-order valence-electron chi connectivity index (χ1n) is 6.14. The molecule has 0 aliphatic rings. The number of carbonyl (C=O) groups is 1. The molecule has 0 atom stereocenters. The van der Waals surface area contributed by atoms with E-state index in [-0.39, 0.29) is 29.5 Å². The van der Waals surface area contributed by atoms with Crippen molar-refractivity contribution in [3.8, 4) is 17.2 Å². The van der Waals surface area contributed by atoms with Crippen LogP contribution < -0.4 is 4.74 Å². The molecule has 6 nitrogen and oxygen atoms in total. The molecule has 1 aromatic heterocycles. The first-order chi connectivity index (χ1) is 10.1. The molecular weight excluding hydrogens is 286 g/mol. The van der Waals surface area contributed by atoms with Gasteiger partial charge in [0.25, 0.3) is 5.89 Å². The highest BCUT2D eigenvalue weighted by atomic mass is 19.3. The normalized spacial score (nSPS) is 10.8. The Kier molecular flexibility index (Phi) is 4.81. The lowest BCUT2D eigenvalue weighted by Crippen LogP contribution is -2.03. The molecule has 1 heterocycles. The number of aliphatic carboxylic acids is 1. The van der Waals surface area contributed by atoms with Gasteiger partial charge in [-0.15, -0.1) is 10.2 Å². The maximum absolute atomic E-state index is 12.3. The second-order valence-corrected chi connectivity index (χ2v) is 4.12. The Bertz CT molecular complexity index is 616. The van der Waals surface area contributed by atoms with Crippen molar-refractivity contribution in [2.75, 3.05) is 0 Å². The Balaban J connectivity index is 2.12. The number of hydrogen-bond acceptors (Lipinski definition) is 5. The molecule has 0 saturated carbocycles. The lowest BCUT2D eigenvalue weighted by molar-refractivity contribution is -0.137. The van der Waals surface area contributed by atoms with Crippen molar-refractivity contribution >= 4 is 5.97 Å². The predicted molar refractivity (Wildman–Crippen MR) is 66.9 cm³/mol. The average molecular weight is 298 g/mol. The van der Waals surface area contributed by atoms with Gasteiger partial charge in [-0.2, -0.15) is 8.78 Å². The molecule has 0 amide bonds. The van der Waals surface area contributed by atoms with Crippen LogP contribution in [0.2, 0.25) is 0 Å². The number of ether oxygens (including phenoxy) is 1. The van der Waals surface area contributed by atoms with Crippen LogP contribution in [-0.2, 0) is 11.2 Å². The van der Waals surface area contributed by atoms with Gasteiger partial charge in [0.15, 0.2) is 0 Å². The summed E-state index contributed by atoms with van der Waals surface area (Å²) in [7, 11) is 0. The molecule has 1 N–H and O–H groups in total. The van der Waals surface area contributed by atoms with Gasteiger partial charge in [0, 0.05) is 12.8 Å². The highest BCUT2D eigenvalue weighted by Crippen LogP contribution is 2.30. The van der Waals surface area contributed by atoms with E-state index in [1.807, 2.05) is 0 Å². The summed E-state index contributed by atoms with van der Waals surface area (Å²) in [6.45, 7) is -2.95. The van der Waals surface area contributed by atoms with Gasteiger partial charge in [0.05, 0.1) is 5.56 Å². The van der Waals surface area contributed by atoms with Gasteiger partial charge < -0.3 is 14.3 Å². The molecule has 0 unspecified atom stereocenters. The van der Waals surface area contributed by atoms with Crippen LogP contribution in [0.3, 0.4) is 0 Å². The lowest BCUT2D eigenvalue weighted by Gasteiger charge is -2.07. The maximum atomic E-state index is 12.3. The number of carboxylic acid groups (broad SMARTS) is 1. The summed E-state index contributed by atoms with van der Waals surface area (Å²) in [5.74, 6) is -0.673. The first-order valence-corrected chi connectivity index (χ1v) is 6.14. The molecule has 0 aliphatic heterocycles. The molecule has 0 fully saturated rings. The number of benzene rings is 1. The van der Waals surface area contributed by atoms with Gasteiger partial charge in [-0.1, -0.05) is 12.1 Å². The molecule has 0 aliphatic carbocycles. The Morgan fingerprint density at radius 3 is 2.81 bits per heavy atom. The number of halogens is 2. The number of hydrogen-bond donors (Lipinski definition) is 1. The zero-order valence-corrected chi connectivity index (χ0v) is 10.8. The van der Waals surface area contributed by atoms with E-state index in [0.717, 1.165) is 0 Å². The molecule has 2 aromatic rings. The van der Waals surface area contributed by atoms with Crippen LogP contribution in [0, 0.1) is 0 Å². The quantitative estimate of drug-likeness (QED) is 0.846. The number of aromatic nitrogens is 2. The topological polar surface area (TPSA) is 85.5 Å². The monoisotopic (exact) mass is 298 g/mol. The molecule has 8 heteroatoms. The van der Waals surface area contributed by atoms with Gasteiger partial charge in [-0.05, 0) is 18.6 Å². The number of alkyl halides is 2. The number of aryl methyl sites for hydroxylation is 1. The van der Waals surface area contributed by atoms with Gasteiger partial charge in [0.1, 0.15) is 5.75 Å². The summed E-state index contributed by atoms with van der Waals surface area (Å²) in [6.07, 6.45) is 0.645. The van der Waals surface area contributed by atoms with Crippen molar-refractivity contribution in [3.05, 3.63) is 30.2 Å². The molecule has 0 spiro atoms. The van der Waals surface area contributed by atoms with E-state index in [2.05, 4.69) is 14.9 Å². The van der Waals surface area contributed by atoms with Crippen molar-refractivity contribution in [2.45, 2.75) is 25.9 Å². The van der Waals surface area contributed by atoms with E-state index >= 15 is 0 Å². The minimum absolute atomic E-state index is 0.0111. The third kappa shape index (κ3) is 4.23. The van der Waals surface area contributed by atoms with Crippen LogP contribution in [-0.4, -0.2) is 27.9 Å². The van der Waals surface area contributed by atoms with E-state index in [0.29, 0.717) is 12.8 Å². The minimum Gasteiger partial charge on any atom is -0.481 e. The second kappa shape index (κ2) is 6.78. The van der Waals surface area contributed by atoms with Crippen LogP contribution in [0.15, 0.2) is 28.7 Å². The molecule has 1 aromatic carbocycles. The molecule has 21 heavy (non-hydrogen) atoms. The van der Waals surface area contributed by atoms with E-state index in [9.17, 15) is 13.6 Å². The molecule has 0 radical (unpaired) electrons. The maximum Gasteiger partial charge on any atom is 0.387 e. The number of nitrogens with zero attached hydrogens (tertiary/aromatic N) is 2. The minimum atomic E-state index is -2.95. The van der Waals surface area contributed by atoms with Crippen LogP contribution in [0.25, 0.3) is 11.5 Å². The van der Waals surface area contributed by atoms with Crippen molar-refractivity contribution in [1.29, 1.82) is 0 Å². The van der Waals surface area contributed by atoms with E-state index in [4.69, 9.17) is 9.52 Å². The highest BCUT2D eigenvalue weighted by molar-refractivity contribution is 5.66. The molecule has 112 valence electrons. The van der Waals surface area contributed by atoms with Crippen molar-refractivity contribution < 1.29 is 27.8 Å². The fraction of sp³-hybridized carbons (Fsp3) is 0.308. The number of para-hydroxylation sites is 1. The molecular formula is C13H12F2N2O4. The first kappa shape index (κ1) is 14.9. The number of rotatable bonds is 7. The molecule has 0 bridgehead atoms. The van der Waals surface area contributed by atoms with Crippen LogP contribution in [0.1, 0.15) is 18.7 Å². The van der Waals surface area contributed by atoms with Gasteiger partial charge in [-0.3, -0.25) is 4.79 Å². The summed E-state index contributed by atoms with van der Waals surface area (Å²) >= 11 is 0. The molecule has 0 saturated heterocycles. The number of carboxylic acids is 1. The zero-order valence-electron chi connectivity index (χ0n) is 10.8. The van der Waals surface area contributed by atoms with E-state index in [1.54, 1.807) is 12.1 Å². The Morgan fingerprint density at radius 2 is 2.10 bits per heavy atom. The lowest BCUT2D eigenvalue weighted by atomic mass is 10.2. The van der Waals surface area contributed by atoms with Crippen LogP contribution >= 0.6 is 0 Å². The fourth-order valence-corrected chi connectivity index (χ4v) is 1.70. The fourth-order valence-electron chi connectivity index (χ4n) is 1.70. The molecule has 2 rings (SSSR count). The zero-order chi connectivity index (χ0) is 15.2. The standard InChI is InChI=1S/C13H12F2N2O4/c14-13(15)20-9-5-2-1-4-8(9)12-17-16-10(21-12)6-3-7-11(18)19/h1-2,4-5,13H,3,6-7H2,(H,18,19). The van der Waals surface area contributed by atoms with Crippen molar-refractivity contribution in [3.63, 3.8) is 0 Å². The largest absolute Gasteiger partial charge is 0.481 e. The predicted octanol–water partition coefficient (Wildman–Crippen LogP) is 2.75. The summed E-state index contributed by atoms with van der Waals surface area (Å²) in [5.41, 5.74) is 0.259. The van der Waals surface area contributed by atoms with Gasteiger partial charge in [-0.25, -0.2) is 0 Å². The van der Waals surface area contributed by atoms with Gasteiger partial charge in [0.2, 0.25) is 5.89 Å². The van der Waals surface area contributed by atoms with Crippen molar-refractivity contribution in [1.82, 2.24) is 10.2 Å². The van der Waals surface area contributed by atoms with Crippen LogP contribution in [0.4, 0.5) is 8.78 Å². The SMILES string of the molecule is O=C(O)CCCc1nnc(-c2ccccc2OC(F)F)o1. The van der Waals surface area contributed by atoms with Gasteiger partial charge >= 0.3 is 12.6 Å². The third-order valence-electron chi connectivity index (χ3n) is 2.58. The summed E-state index contributed by atoms with van der Waals surface area (Å²) in [4.78, 5) is 10.4. The van der Waals surface area contributed by atoms with Crippen molar-refractivity contribution in [2.24, 2.45) is 0 Å². The highest BCUT2D eigenvalue weighted by Gasteiger charge is 2.16. The van der Waals surface area contributed by atoms with E-state index in [1.165, 1.54) is 12.1 Å². The summed E-state index contributed by atoms with van der Waals surface area (Å²) in [5, 5.41) is 16.1. The smallest absolute Gasteiger partial charge is 0.387 e. The van der Waals surface area contributed by atoms with Crippen LogP contribution in [0.5, 0.6) is 5.75 Å². The average Bonchev–Trinajstić information content (AvgIpc) is 2.87. The Labute approximate surface area is 118 Å². The summed E-state index contributed by atoms with van der Waals surface area (Å²) in [6, 6.07) is 6.06. The Hall–Kier alpha value is -2.51. The summed E-state index contributed by atoms with van der Waals surface area (Å²) < 4.78 is 34.4. The van der Waals surface area contributed by atoms with E-state index < -0.39 is 12.6 Å². The third-order valence-corrected chi connectivity index (χ3v) is 2.58. The Morgan fingerprint density at radius 1 is 1.33 bits per heavy atom.